The van der Waals surface area contributed by atoms with Crippen LogP contribution in [0.1, 0.15) is 44.9 Å². The summed E-state index contributed by atoms with van der Waals surface area (Å²) in [6, 6.07) is 0.767. The predicted molar refractivity (Wildman–Crippen MR) is 116 cm³/mol. The number of H-pyrrole nitrogens is 1. The highest BCUT2D eigenvalue weighted by Gasteiger charge is 2.38. The molecule has 2 aromatic rings. The van der Waals surface area contributed by atoms with Crippen LogP contribution in [0.5, 0.6) is 0 Å². The molecule has 11 nitrogen and oxygen atoms in total. The van der Waals surface area contributed by atoms with Gasteiger partial charge in [0.2, 0.25) is 5.95 Å². The Bertz CT molecular complexity index is 1140. The summed E-state index contributed by atoms with van der Waals surface area (Å²) in [7, 11) is 0. The zero-order valence-corrected chi connectivity index (χ0v) is 17.9. The van der Waals surface area contributed by atoms with Crippen LogP contribution in [0.3, 0.4) is 0 Å². The predicted octanol–water partition coefficient (Wildman–Crippen LogP) is 0.904. The monoisotopic (exact) mass is 461 g/mol. The average Bonchev–Trinajstić information content (AvgIpc) is 3.25. The summed E-state index contributed by atoms with van der Waals surface area (Å²) in [6.07, 6.45) is 1.68. The maximum atomic E-state index is 12.8. The normalized spacial score (nSPS) is 18.1. The molecule has 2 aliphatic rings. The molecule has 2 aliphatic heterocycles. The fourth-order valence-corrected chi connectivity index (χ4v) is 5.36. The van der Waals surface area contributed by atoms with Crippen molar-refractivity contribution in [1.82, 2.24) is 14.9 Å². The quantitative estimate of drug-likeness (QED) is 0.382. The number of nitrogens with one attached hydrogen (secondary N) is 2. The van der Waals surface area contributed by atoms with Crippen molar-refractivity contribution >= 4 is 40.9 Å². The summed E-state index contributed by atoms with van der Waals surface area (Å²) in [5.74, 6) is -1.82. The number of carbonyl (C=O) groups excluding carboxylic acids is 1. The smallest absolute Gasteiger partial charge is 0.326 e. The maximum absolute atomic E-state index is 12.8. The molecule has 6 N–H and O–H groups in total. The zero-order chi connectivity index (χ0) is 23.0. The summed E-state index contributed by atoms with van der Waals surface area (Å²) in [4.78, 5) is 56.7. The summed E-state index contributed by atoms with van der Waals surface area (Å²) in [5, 5.41) is 21.4. The van der Waals surface area contributed by atoms with Crippen LogP contribution < -0.4 is 16.6 Å². The van der Waals surface area contributed by atoms with Crippen LogP contribution in [-0.2, 0) is 29.0 Å². The number of amides is 1. The molecule has 32 heavy (non-hydrogen) atoms. The third kappa shape index (κ3) is 4.31. The van der Waals surface area contributed by atoms with Crippen LogP contribution in [-0.4, -0.2) is 55.5 Å². The van der Waals surface area contributed by atoms with Crippen molar-refractivity contribution in [2.24, 2.45) is 5.92 Å². The number of rotatable bonds is 8. The van der Waals surface area contributed by atoms with Gasteiger partial charge in [0.1, 0.15) is 11.9 Å². The van der Waals surface area contributed by atoms with E-state index in [0.29, 0.717) is 29.2 Å². The highest BCUT2D eigenvalue weighted by molar-refractivity contribution is 7.14. The number of aromatic amines is 1. The number of aryl methyl sites for hydroxylation is 1. The summed E-state index contributed by atoms with van der Waals surface area (Å²) in [6.45, 7) is 0.840. The lowest BCUT2D eigenvalue weighted by atomic mass is 9.92. The van der Waals surface area contributed by atoms with Gasteiger partial charge in [-0.15, -0.1) is 11.3 Å². The second-order valence-electron chi connectivity index (χ2n) is 8.05. The lowest BCUT2D eigenvalue weighted by Gasteiger charge is -2.24. The molecule has 0 bridgehead atoms. The minimum Gasteiger partial charge on any atom is -0.481 e. The van der Waals surface area contributed by atoms with E-state index in [1.165, 1.54) is 16.2 Å². The molecule has 2 aromatic heterocycles. The standard InChI is InChI=1S/C20H23N5O6S/c21-20-23-16-12(17(28)24-20)5-9(7-22-16)1-2-11-6-10-8-25(18(29)15(10)32-11)13(19(30)31)3-4-14(26)27/h6,9,13H,1-5,7-8H2,(H,26,27)(H,30,31)(H4,21,22,23,24,28)/t9?,13-/m1/s1. The van der Waals surface area contributed by atoms with Gasteiger partial charge >= 0.3 is 11.9 Å². The van der Waals surface area contributed by atoms with E-state index < -0.39 is 18.0 Å². The number of nitrogens with zero attached hydrogens (tertiary/aromatic N) is 2. The molecule has 2 atom stereocenters. The Morgan fingerprint density at radius 2 is 2.12 bits per heavy atom. The highest BCUT2D eigenvalue weighted by Crippen LogP contribution is 2.34. The number of fused-ring (bicyclic) bond motifs is 2. The Labute approximate surface area is 186 Å². The number of carboxylic acid groups (broad SMARTS) is 2. The fraction of sp³-hybridized carbons (Fsp3) is 0.450. The SMILES string of the molecule is Nc1nc2c(c(=O)[nH]1)CC(CCc1cc3c(s1)C(=O)N([C@H](CCC(=O)O)C(=O)O)C3)CN2. The van der Waals surface area contributed by atoms with Crippen molar-refractivity contribution in [2.75, 3.05) is 17.6 Å². The van der Waals surface area contributed by atoms with Gasteiger partial charge in [-0.05, 0) is 43.2 Å². The Balaban J connectivity index is 1.38. The van der Waals surface area contributed by atoms with Crippen molar-refractivity contribution in [1.29, 1.82) is 0 Å². The third-order valence-electron chi connectivity index (χ3n) is 5.83. The van der Waals surface area contributed by atoms with Gasteiger partial charge in [0.05, 0.1) is 10.4 Å². The van der Waals surface area contributed by atoms with E-state index in [4.69, 9.17) is 10.8 Å². The molecule has 170 valence electrons. The molecule has 0 aromatic carbocycles. The summed E-state index contributed by atoms with van der Waals surface area (Å²) >= 11 is 1.35. The Kier molecular flexibility index (Phi) is 5.87. The number of nitrogen functional groups attached to an aromatic ring is 1. The van der Waals surface area contributed by atoms with Gasteiger partial charge in [0.15, 0.2) is 0 Å². The summed E-state index contributed by atoms with van der Waals surface area (Å²) in [5.41, 5.74) is 6.71. The lowest BCUT2D eigenvalue weighted by Crippen LogP contribution is -2.41. The van der Waals surface area contributed by atoms with Crippen LogP contribution in [0.15, 0.2) is 10.9 Å². The van der Waals surface area contributed by atoms with Crippen LogP contribution in [0.2, 0.25) is 0 Å². The molecule has 1 amide bonds. The first-order valence-corrected chi connectivity index (χ1v) is 11.0. The molecule has 0 radical (unpaired) electrons. The number of carboxylic acids is 2. The van der Waals surface area contributed by atoms with Gasteiger partial charge in [0, 0.05) is 24.4 Å². The van der Waals surface area contributed by atoms with Gasteiger partial charge in [-0.3, -0.25) is 19.4 Å². The second-order valence-corrected chi connectivity index (χ2v) is 9.19. The van der Waals surface area contributed by atoms with E-state index in [-0.39, 0.29) is 42.7 Å². The van der Waals surface area contributed by atoms with E-state index in [1.54, 1.807) is 0 Å². The second kappa shape index (κ2) is 8.61. The number of aromatic nitrogens is 2. The Morgan fingerprint density at radius 3 is 2.81 bits per heavy atom. The van der Waals surface area contributed by atoms with Gasteiger partial charge in [0.25, 0.3) is 11.5 Å². The van der Waals surface area contributed by atoms with E-state index >= 15 is 0 Å². The minimum absolute atomic E-state index is 0.0830. The zero-order valence-electron chi connectivity index (χ0n) is 17.1. The van der Waals surface area contributed by atoms with Crippen molar-refractivity contribution < 1.29 is 24.6 Å². The van der Waals surface area contributed by atoms with E-state index in [0.717, 1.165) is 23.3 Å². The fourth-order valence-electron chi connectivity index (χ4n) is 4.22. The van der Waals surface area contributed by atoms with E-state index in [9.17, 15) is 24.3 Å². The molecule has 0 aliphatic carbocycles. The molecular weight excluding hydrogens is 438 g/mol. The third-order valence-corrected chi connectivity index (χ3v) is 7.06. The number of hydrogen-bond acceptors (Lipinski definition) is 8. The van der Waals surface area contributed by atoms with E-state index in [2.05, 4.69) is 15.3 Å². The van der Waals surface area contributed by atoms with Gasteiger partial charge in [-0.2, -0.15) is 4.98 Å². The Hall–Kier alpha value is -3.41. The molecular formula is C20H23N5O6S. The van der Waals surface area contributed by atoms with Crippen molar-refractivity contribution in [3.8, 4) is 0 Å². The van der Waals surface area contributed by atoms with Crippen LogP contribution >= 0.6 is 11.3 Å². The topological polar surface area (TPSA) is 179 Å². The van der Waals surface area contributed by atoms with E-state index in [1.807, 2.05) is 6.07 Å². The lowest BCUT2D eigenvalue weighted by molar-refractivity contribution is -0.143. The highest BCUT2D eigenvalue weighted by atomic mass is 32.1. The number of carbonyl (C=O) groups is 3. The molecule has 4 rings (SSSR count). The largest absolute Gasteiger partial charge is 0.481 e. The van der Waals surface area contributed by atoms with Crippen molar-refractivity contribution in [3.05, 3.63) is 37.3 Å². The Morgan fingerprint density at radius 1 is 1.34 bits per heavy atom. The first-order chi connectivity index (χ1) is 15.2. The first-order valence-electron chi connectivity index (χ1n) is 10.2. The molecule has 0 saturated heterocycles. The van der Waals surface area contributed by atoms with Crippen LogP contribution in [0.4, 0.5) is 11.8 Å². The van der Waals surface area contributed by atoms with Gasteiger partial charge in [-0.25, -0.2) is 4.79 Å². The van der Waals surface area contributed by atoms with Gasteiger partial charge in [-0.1, -0.05) is 0 Å². The number of aliphatic carboxylic acids is 2. The van der Waals surface area contributed by atoms with Crippen molar-refractivity contribution in [3.63, 3.8) is 0 Å². The van der Waals surface area contributed by atoms with Crippen molar-refractivity contribution in [2.45, 2.75) is 44.7 Å². The first kappa shape index (κ1) is 21.8. The molecule has 1 unspecified atom stereocenters. The molecule has 4 heterocycles. The summed E-state index contributed by atoms with van der Waals surface area (Å²) < 4.78 is 0. The van der Waals surface area contributed by atoms with Gasteiger partial charge < -0.3 is 26.2 Å². The molecule has 0 spiro atoms. The number of anilines is 2. The number of nitrogens with two attached hydrogens (primary N) is 1. The molecule has 0 fully saturated rings. The molecule has 12 heteroatoms. The van der Waals surface area contributed by atoms with Crippen LogP contribution in [0.25, 0.3) is 0 Å². The number of thiophene rings is 1. The minimum atomic E-state index is -1.20. The average molecular weight is 462 g/mol. The maximum Gasteiger partial charge on any atom is 0.326 e. The van der Waals surface area contributed by atoms with Crippen LogP contribution in [0, 0.1) is 5.92 Å². The number of hydrogen-bond donors (Lipinski definition) is 5. The molecule has 0 saturated carbocycles.